The lowest BCUT2D eigenvalue weighted by Gasteiger charge is -2.30. The van der Waals surface area contributed by atoms with Gasteiger partial charge in [-0.2, -0.15) is 0 Å². The fraction of sp³-hybridized carbons (Fsp3) is 0.538. The van der Waals surface area contributed by atoms with Crippen LogP contribution in [0, 0.1) is 0 Å². The number of nitrogens with zero attached hydrogens (tertiary/aromatic N) is 3. The Morgan fingerprint density at radius 3 is 2.68 bits per heavy atom. The van der Waals surface area contributed by atoms with E-state index < -0.39 is 0 Å². The summed E-state index contributed by atoms with van der Waals surface area (Å²) in [5.41, 5.74) is 6.24. The maximum absolute atomic E-state index is 12.5. The van der Waals surface area contributed by atoms with Crippen LogP contribution in [0.15, 0.2) is 16.7 Å². The minimum absolute atomic E-state index is 0.0804. The summed E-state index contributed by atoms with van der Waals surface area (Å²) in [6.45, 7) is 5.44. The zero-order valence-corrected chi connectivity index (χ0v) is 13.4. The first-order valence-corrected chi connectivity index (χ1v) is 7.02. The fourth-order valence-corrected chi connectivity index (χ4v) is 2.39. The van der Waals surface area contributed by atoms with Crippen molar-refractivity contribution in [1.29, 1.82) is 0 Å². The average Bonchev–Trinajstić information content (AvgIpc) is 2.32. The van der Waals surface area contributed by atoms with Gasteiger partial charge in [-0.15, -0.1) is 0 Å². The third kappa shape index (κ3) is 4.18. The molecule has 1 heterocycles. The molecule has 0 aliphatic heterocycles. The zero-order valence-electron chi connectivity index (χ0n) is 11.9. The van der Waals surface area contributed by atoms with Crippen molar-refractivity contribution in [2.75, 3.05) is 32.9 Å². The number of carbonyl (C=O) groups is 1. The van der Waals surface area contributed by atoms with Crippen molar-refractivity contribution < 1.29 is 4.79 Å². The lowest BCUT2D eigenvalue weighted by Crippen LogP contribution is -2.44. The summed E-state index contributed by atoms with van der Waals surface area (Å²) in [7, 11) is 3.98. The number of hydrogen-bond donors (Lipinski definition) is 1. The van der Waals surface area contributed by atoms with E-state index in [1.807, 2.05) is 27.9 Å². The van der Waals surface area contributed by atoms with Gasteiger partial charge in [0.15, 0.2) is 0 Å². The largest absolute Gasteiger partial charge is 0.383 e. The van der Waals surface area contributed by atoms with Crippen LogP contribution in [-0.4, -0.2) is 53.9 Å². The maximum atomic E-state index is 12.5. The number of rotatable bonds is 5. The Kier molecular flexibility index (Phi) is 5.75. The molecule has 0 spiro atoms. The Labute approximate surface area is 122 Å². The van der Waals surface area contributed by atoms with Crippen molar-refractivity contribution >= 4 is 27.7 Å². The number of nitrogens with two attached hydrogens (primary N) is 1. The van der Waals surface area contributed by atoms with E-state index in [9.17, 15) is 4.79 Å². The zero-order chi connectivity index (χ0) is 14.6. The number of pyridine rings is 1. The molecule has 0 aliphatic rings. The van der Waals surface area contributed by atoms with Crippen LogP contribution in [0.3, 0.4) is 0 Å². The number of aromatic nitrogens is 1. The molecule has 106 valence electrons. The predicted molar refractivity (Wildman–Crippen MR) is 81.1 cm³/mol. The molecule has 5 nitrogen and oxygen atoms in total. The number of halogens is 1. The van der Waals surface area contributed by atoms with Crippen LogP contribution in [0.25, 0.3) is 0 Å². The number of anilines is 1. The van der Waals surface area contributed by atoms with E-state index in [0.29, 0.717) is 12.1 Å². The van der Waals surface area contributed by atoms with Crippen LogP contribution < -0.4 is 5.73 Å². The Balaban J connectivity index is 2.98. The Morgan fingerprint density at radius 2 is 2.16 bits per heavy atom. The Morgan fingerprint density at radius 1 is 1.53 bits per heavy atom. The summed E-state index contributed by atoms with van der Waals surface area (Å²) in [5.74, 6) is 0.187. The van der Waals surface area contributed by atoms with E-state index in [2.05, 4.69) is 25.8 Å². The van der Waals surface area contributed by atoms with Crippen molar-refractivity contribution in [2.24, 2.45) is 0 Å². The molecule has 0 saturated carbocycles. The van der Waals surface area contributed by atoms with E-state index in [1.54, 1.807) is 17.2 Å². The quantitative estimate of drug-likeness (QED) is 0.895. The standard InChI is InChI=1S/C13H21BrN4O/c1-5-18(9(2)8-17(3)4)13(19)11-6-10(14)7-16-12(11)15/h6-7,9H,5,8H2,1-4H3,(H2,15,16). The number of likely N-dealkylation sites (N-methyl/N-ethyl adjacent to an activating group) is 2. The highest BCUT2D eigenvalue weighted by Gasteiger charge is 2.22. The normalized spacial score (nSPS) is 12.5. The van der Waals surface area contributed by atoms with Crippen LogP contribution >= 0.6 is 15.9 Å². The van der Waals surface area contributed by atoms with Gasteiger partial charge in [-0.1, -0.05) is 0 Å². The predicted octanol–water partition coefficient (Wildman–Crippen LogP) is 1.84. The van der Waals surface area contributed by atoms with Gasteiger partial charge < -0.3 is 15.5 Å². The molecule has 0 aromatic carbocycles. The molecule has 1 aromatic heterocycles. The summed E-state index contributed by atoms with van der Waals surface area (Å²) >= 11 is 3.32. The molecule has 1 aromatic rings. The molecule has 1 atom stereocenters. The van der Waals surface area contributed by atoms with Gasteiger partial charge in [-0.3, -0.25) is 4.79 Å². The molecule has 19 heavy (non-hydrogen) atoms. The van der Waals surface area contributed by atoms with Crippen molar-refractivity contribution in [3.05, 3.63) is 22.3 Å². The second-order valence-corrected chi connectivity index (χ2v) is 5.70. The average molecular weight is 329 g/mol. The van der Waals surface area contributed by atoms with Gasteiger partial charge in [0.2, 0.25) is 0 Å². The van der Waals surface area contributed by atoms with E-state index in [4.69, 9.17) is 5.73 Å². The third-order valence-electron chi connectivity index (χ3n) is 2.88. The van der Waals surface area contributed by atoms with Gasteiger partial charge in [-0.05, 0) is 49.9 Å². The number of amides is 1. The van der Waals surface area contributed by atoms with E-state index >= 15 is 0 Å². The Bertz CT molecular complexity index is 450. The van der Waals surface area contributed by atoms with Crippen LogP contribution in [0.5, 0.6) is 0 Å². The molecule has 1 amide bonds. The monoisotopic (exact) mass is 328 g/mol. The molecule has 0 aliphatic carbocycles. The summed E-state index contributed by atoms with van der Waals surface area (Å²) < 4.78 is 0.751. The highest BCUT2D eigenvalue weighted by Crippen LogP contribution is 2.18. The highest BCUT2D eigenvalue weighted by molar-refractivity contribution is 9.10. The van der Waals surface area contributed by atoms with Crippen molar-refractivity contribution in [1.82, 2.24) is 14.8 Å². The molecule has 2 N–H and O–H groups in total. The second kappa shape index (κ2) is 6.86. The maximum Gasteiger partial charge on any atom is 0.257 e. The van der Waals surface area contributed by atoms with Crippen LogP contribution in [0.2, 0.25) is 0 Å². The number of carbonyl (C=O) groups excluding carboxylic acids is 1. The van der Waals surface area contributed by atoms with Gasteiger partial charge in [0.05, 0.1) is 5.56 Å². The minimum Gasteiger partial charge on any atom is -0.383 e. The fourth-order valence-electron chi connectivity index (χ4n) is 2.06. The second-order valence-electron chi connectivity index (χ2n) is 4.79. The molecular formula is C13H21BrN4O. The lowest BCUT2D eigenvalue weighted by molar-refractivity contribution is 0.0679. The molecule has 1 rings (SSSR count). The van der Waals surface area contributed by atoms with Crippen LogP contribution in [0.1, 0.15) is 24.2 Å². The van der Waals surface area contributed by atoms with Crippen LogP contribution in [-0.2, 0) is 0 Å². The number of hydrogen-bond acceptors (Lipinski definition) is 4. The summed E-state index contributed by atoms with van der Waals surface area (Å²) in [4.78, 5) is 20.4. The number of nitrogen functional groups attached to an aromatic ring is 1. The van der Waals surface area contributed by atoms with Gasteiger partial charge in [0.1, 0.15) is 5.82 Å². The SMILES string of the molecule is CCN(C(=O)c1cc(Br)cnc1N)C(C)CN(C)C. The van der Waals surface area contributed by atoms with Gasteiger partial charge in [0, 0.05) is 29.8 Å². The molecule has 0 bridgehead atoms. The van der Waals surface area contributed by atoms with Crippen molar-refractivity contribution in [3.63, 3.8) is 0 Å². The molecular weight excluding hydrogens is 308 g/mol. The topological polar surface area (TPSA) is 62.5 Å². The van der Waals surface area contributed by atoms with Crippen molar-refractivity contribution in [2.45, 2.75) is 19.9 Å². The third-order valence-corrected chi connectivity index (χ3v) is 3.31. The van der Waals surface area contributed by atoms with E-state index in [0.717, 1.165) is 11.0 Å². The highest BCUT2D eigenvalue weighted by atomic mass is 79.9. The van der Waals surface area contributed by atoms with Gasteiger partial charge in [0.25, 0.3) is 5.91 Å². The first kappa shape index (κ1) is 15.9. The summed E-state index contributed by atoms with van der Waals surface area (Å²) in [5, 5.41) is 0. The summed E-state index contributed by atoms with van der Waals surface area (Å²) in [6.07, 6.45) is 1.59. The molecule has 0 saturated heterocycles. The molecule has 0 fully saturated rings. The van der Waals surface area contributed by atoms with E-state index in [-0.39, 0.29) is 17.8 Å². The van der Waals surface area contributed by atoms with E-state index in [1.165, 1.54) is 0 Å². The first-order chi connectivity index (χ1) is 8.86. The first-order valence-electron chi connectivity index (χ1n) is 6.23. The van der Waals surface area contributed by atoms with Crippen molar-refractivity contribution in [3.8, 4) is 0 Å². The molecule has 1 unspecified atom stereocenters. The minimum atomic E-state index is -0.0804. The molecule has 6 heteroatoms. The van der Waals surface area contributed by atoms with Gasteiger partial charge >= 0.3 is 0 Å². The van der Waals surface area contributed by atoms with Crippen LogP contribution in [0.4, 0.5) is 5.82 Å². The molecule has 0 radical (unpaired) electrons. The lowest BCUT2D eigenvalue weighted by atomic mass is 10.2. The smallest absolute Gasteiger partial charge is 0.257 e. The van der Waals surface area contributed by atoms with Gasteiger partial charge in [-0.25, -0.2) is 4.98 Å². The summed E-state index contributed by atoms with van der Waals surface area (Å²) in [6, 6.07) is 1.83. The Hall–Kier alpha value is -1.14.